The zero-order valence-electron chi connectivity index (χ0n) is 10.7. The molecule has 17 heavy (non-hydrogen) atoms. The number of carbonyl (C=O) groups excluding carboxylic acids is 1. The highest BCUT2D eigenvalue weighted by Gasteiger charge is 2.20. The fourth-order valence-corrected chi connectivity index (χ4v) is 2.99. The van der Waals surface area contributed by atoms with Gasteiger partial charge in [0.25, 0.3) is 0 Å². The number of unbranched alkanes of at least 4 members (excludes halogenated alkanes) is 3. The molecule has 1 rings (SSSR count). The number of hydrogen-bond acceptors (Lipinski definition) is 3. The molecule has 1 aliphatic rings. The minimum Gasteiger partial charge on any atom is -0.341 e. The molecule has 0 saturated carbocycles. The third kappa shape index (κ3) is 7.17. The van der Waals surface area contributed by atoms with Crippen molar-refractivity contribution in [1.82, 2.24) is 4.90 Å². The predicted molar refractivity (Wildman–Crippen MR) is 77.9 cm³/mol. The van der Waals surface area contributed by atoms with Crippen LogP contribution in [0.3, 0.4) is 0 Å². The highest BCUT2D eigenvalue weighted by Crippen LogP contribution is 2.18. The van der Waals surface area contributed by atoms with Crippen LogP contribution in [0.2, 0.25) is 0 Å². The van der Waals surface area contributed by atoms with E-state index in [1.54, 1.807) is 0 Å². The largest absolute Gasteiger partial charge is 0.341 e. The van der Waals surface area contributed by atoms with E-state index in [9.17, 15) is 4.79 Å². The quantitative estimate of drug-likeness (QED) is 0.760. The van der Waals surface area contributed by atoms with Crippen LogP contribution >= 0.6 is 24.2 Å². The lowest BCUT2D eigenvalue weighted by Crippen LogP contribution is -2.40. The monoisotopic (exact) mass is 280 g/mol. The van der Waals surface area contributed by atoms with Crippen molar-refractivity contribution >= 4 is 30.1 Å². The molecule has 102 valence electrons. The second-order valence-corrected chi connectivity index (χ2v) is 6.02. The van der Waals surface area contributed by atoms with E-state index in [1.807, 2.05) is 16.7 Å². The van der Waals surface area contributed by atoms with E-state index in [4.69, 9.17) is 5.73 Å². The average Bonchev–Trinajstić information content (AvgIpc) is 2.28. The molecule has 3 nitrogen and oxygen atoms in total. The van der Waals surface area contributed by atoms with Crippen molar-refractivity contribution < 1.29 is 4.79 Å². The fraction of sp³-hybridized carbons (Fsp3) is 0.917. The molecule has 1 amide bonds. The van der Waals surface area contributed by atoms with Gasteiger partial charge < -0.3 is 10.6 Å². The van der Waals surface area contributed by atoms with E-state index in [-0.39, 0.29) is 12.4 Å². The Labute approximate surface area is 115 Å². The maximum atomic E-state index is 11.9. The summed E-state index contributed by atoms with van der Waals surface area (Å²) in [7, 11) is 0. The lowest BCUT2D eigenvalue weighted by molar-refractivity contribution is -0.131. The van der Waals surface area contributed by atoms with Crippen LogP contribution in [0.4, 0.5) is 0 Å². The zero-order valence-corrected chi connectivity index (χ0v) is 12.3. The van der Waals surface area contributed by atoms with Crippen LogP contribution in [0.5, 0.6) is 0 Å². The van der Waals surface area contributed by atoms with Crippen molar-refractivity contribution in [3.05, 3.63) is 0 Å². The number of rotatable bonds is 6. The first kappa shape index (κ1) is 17.1. The first-order valence-corrected chi connectivity index (χ1v) is 7.38. The Kier molecular flexibility index (Phi) is 10.1. The number of nitrogens with two attached hydrogens (primary N) is 1. The summed E-state index contributed by atoms with van der Waals surface area (Å²) < 4.78 is 0. The summed E-state index contributed by atoms with van der Waals surface area (Å²) in [6, 6.07) is 0. The SMILES string of the molecule is CC1CN(C(=O)CCCCCCN)CCS1.Cl. The first-order chi connectivity index (χ1) is 7.74. The lowest BCUT2D eigenvalue weighted by Gasteiger charge is -2.30. The van der Waals surface area contributed by atoms with E-state index >= 15 is 0 Å². The fourth-order valence-electron chi connectivity index (χ4n) is 1.98. The molecule has 2 N–H and O–H groups in total. The molecule has 0 aliphatic carbocycles. The van der Waals surface area contributed by atoms with Crippen LogP contribution in [0.25, 0.3) is 0 Å². The smallest absolute Gasteiger partial charge is 0.222 e. The molecule has 5 heteroatoms. The lowest BCUT2D eigenvalue weighted by atomic mass is 10.1. The highest BCUT2D eigenvalue weighted by molar-refractivity contribution is 7.99. The third-order valence-electron chi connectivity index (χ3n) is 2.94. The summed E-state index contributed by atoms with van der Waals surface area (Å²) in [6.07, 6.45) is 5.14. The van der Waals surface area contributed by atoms with Gasteiger partial charge in [-0.2, -0.15) is 11.8 Å². The third-order valence-corrected chi connectivity index (χ3v) is 4.07. The molecule has 0 aromatic heterocycles. The summed E-state index contributed by atoms with van der Waals surface area (Å²) in [4.78, 5) is 13.9. The van der Waals surface area contributed by atoms with Gasteiger partial charge in [-0.3, -0.25) is 4.79 Å². The number of thioether (sulfide) groups is 1. The second-order valence-electron chi connectivity index (χ2n) is 4.47. The van der Waals surface area contributed by atoms with Crippen LogP contribution in [-0.2, 0) is 4.79 Å². The molecule has 1 saturated heterocycles. The van der Waals surface area contributed by atoms with Crippen LogP contribution in [0, 0.1) is 0 Å². The van der Waals surface area contributed by atoms with Crippen molar-refractivity contribution in [2.24, 2.45) is 5.73 Å². The summed E-state index contributed by atoms with van der Waals surface area (Å²) >= 11 is 1.97. The van der Waals surface area contributed by atoms with Gasteiger partial charge in [0, 0.05) is 30.5 Å². The molecule has 0 spiro atoms. The van der Waals surface area contributed by atoms with Gasteiger partial charge in [-0.15, -0.1) is 12.4 Å². The maximum absolute atomic E-state index is 11.9. The van der Waals surface area contributed by atoms with Gasteiger partial charge in [-0.1, -0.05) is 19.8 Å². The van der Waals surface area contributed by atoms with E-state index < -0.39 is 0 Å². The van der Waals surface area contributed by atoms with Gasteiger partial charge in [0.2, 0.25) is 5.91 Å². The van der Waals surface area contributed by atoms with Gasteiger partial charge in [0.05, 0.1) is 0 Å². The van der Waals surface area contributed by atoms with Crippen molar-refractivity contribution in [1.29, 1.82) is 0 Å². The molecular weight excluding hydrogens is 256 g/mol. The minimum absolute atomic E-state index is 0. The minimum atomic E-state index is 0. The number of carbonyl (C=O) groups is 1. The number of amides is 1. The molecule has 0 aromatic rings. The van der Waals surface area contributed by atoms with Gasteiger partial charge >= 0.3 is 0 Å². The van der Waals surface area contributed by atoms with Crippen molar-refractivity contribution in [3.8, 4) is 0 Å². The Bertz CT molecular complexity index is 217. The summed E-state index contributed by atoms with van der Waals surface area (Å²) in [5.41, 5.74) is 5.43. The Balaban J connectivity index is 0.00000256. The second kappa shape index (κ2) is 10.0. The number of hydrogen-bond donors (Lipinski definition) is 1. The van der Waals surface area contributed by atoms with E-state index in [1.165, 1.54) is 0 Å². The van der Waals surface area contributed by atoms with Gasteiger partial charge in [-0.05, 0) is 19.4 Å². The molecular formula is C12H25ClN2OS. The average molecular weight is 281 g/mol. The van der Waals surface area contributed by atoms with Crippen molar-refractivity contribution in [2.75, 3.05) is 25.4 Å². The van der Waals surface area contributed by atoms with E-state index in [0.717, 1.165) is 57.5 Å². The highest BCUT2D eigenvalue weighted by atomic mass is 35.5. The molecule has 1 aliphatic heterocycles. The van der Waals surface area contributed by atoms with E-state index in [2.05, 4.69) is 6.92 Å². The van der Waals surface area contributed by atoms with Gasteiger partial charge in [0.1, 0.15) is 0 Å². The summed E-state index contributed by atoms with van der Waals surface area (Å²) in [5.74, 6) is 1.44. The van der Waals surface area contributed by atoms with Crippen LogP contribution in [0.1, 0.15) is 39.0 Å². The normalized spacial score (nSPS) is 19.9. The van der Waals surface area contributed by atoms with Crippen LogP contribution in [0.15, 0.2) is 0 Å². The van der Waals surface area contributed by atoms with E-state index in [0.29, 0.717) is 11.2 Å². The number of nitrogens with zero attached hydrogens (tertiary/aromatic N) is 1. The molecule has 1 heterocycles. The van der Waals surface area contributed by atoms with Crippen LogP contribution < -0.4 is 5.73 Å². The summed E-state index contributed by atoms with van der Waals surface area (Å²) in [6.45, 7) is 4.85. The van der Waals surface area contributed by atoms with Gasteiger partial charge in [0.15, 0.2) is 0 Å². The maximum Gasteiger partial charge on any atom is 0.222 e. The Hall–Kier alpha value is 0.0700. The predicted octanol–water partition coefficient (Wildman–Crippen LogP) is 2.28. The summed E-state index contributed by atoms with van der Waals surface area (Å²) in [5, 5.41) is 0.606. The Morgan fingerprint density at radius 3 is 2.71 bits per heavy atom. The molecule has 1 fully saturated rings. The molecule has 0 radical (unpaired) electrons. The Morgan fingerprint density at radius 1 is 1.35 bits per heavy atom. The molecule has 1 unspecified atom stereocenters. The topological polar surface area (TPSA) is 46.3 Å². The molecule has 0 aromatic carbocycles. The van der Waals surface area contributed by atoms with Crippen LogP contribution in [-0.4, -0.2) is 41.4 Å². The molecule has 0 bridgehead atoms. The van der Waals surface area contributed by atoms with Crippen molar-refractivity contribution in [2.45, 2.75) is 44.3 Å². The number of halogens is 1. The molecule has 1 atom stereocenters. The van der Waals surface area contributed by atoms with Gasteiger partial charge in [-0.25, -0.2) is 0 Å². The van der Waals surface area contributed by atoms with Crippen molar-refractivity contribution in [3.63, 3.8) is 0 Å². The Morgan fingerprint density at radius 2 is 2.06 bits per heavy atom. The standard InChI is InChI=1S/C12H24N2OS.ClH/c1-11-10-14(8-9-16-11)12(15)6-4-2-3-5-7-13;/h11H,2-10,13H2,1H3;1H. The first-order valence-electron chi connectivity index (χ1n) is 6.33. The zero-order chi connectivity index (χ0) is 11.8.